The summed E-state index contributed by atoms with van der Waals surface area (Å²) in [5, 5.41) is 6.48. The molecule has 2 N–H and O–H groups in total. The molecule has 0 radical (unpaired) electrons. The van der Waals surface area contributed by atoms with Gasteiger partial charge in [0.1, 0.15) is 0 Å². The molecule has 98 valence electrons. The highest BCUT2D eigenvalue weighted by atomic mass is 35.5. The van der Waals surface area contributed by atoms with Crippen LogP contribution in [0.15, 0.2) is 12.1 Å². The van der Waals surface area contributed by atoms with Gasteiger partial charge < -0.3 is 10.6 Å². The summed E-state index contributed by atoms with van der Waals surface area (Å²) in [4.78, 5) is 12.1. The SMILES string of the molecule is CCc1cc(C)c2c(c1)[C@H]1CNC[C@@H]1NC2=O.Cl. The molecule has 0 bridgehead atoms. The lowest BCUT2D eigenvalue weighted by atomic mass is 9.83. The molecule has 4 heteroatoms. The van der Waals surface area contributed by atoms with Crippen molar-refractivity contribution < 1.29 is 4.79 Å². The summed E-state index contributed by atoms with van der Waals surface area (Å²) >= 11 is 0. The monoisotopic (exact) mass is 266 g/mol. The van der Waals surface area contributed by atoms with Crippen molar-refractivity contribution in [3.63, 3.8) is 0 Å². The van der Waals surface area contributed by atoms with E-state index in [1.807, 2.05) is 6.92 Å². The van der Waals surface area contributed by atoms with Gasteiger partial charge in [0.05, 0.1) is 0 Å². The first-order chi connectivity index (χ1) is 8.20. The van der Waals surface area contributed by atoms with Crippen LogP contribution in [0.3, 0.4) is 0 Å². The Morgan fingerprint density at radius 1 is 1.33 bits per heavy atom. The van der Waals surface area contributed by atoms with Gasteiger partial charge in [-0.3, -0.25) is 4.79 Å². The third-order valence-electron chi connectivity index (χ3n) is 3.99. The largest absolute Gasteiger partial charge is 0.347 e. The Bertz CT molecular complexity index is 487. The summed E-state index contributed by atoms with van der Waals surface area (Å²) in [7, 11) is 0. The first-order valence-corrected chi connectivity index (χ1v) is 6.35. The fourth-order valence-corrected chi connectivity index (χ4v) is 3.10. The van der Waals surface area contributed by atoms with Crippen molar-refractivity contribution in [2.24, 2.45) is 0 Å². The molecule has 0 saturated carbocycles. The van der Waals surface area contributed by atoms with Gasteiger partial charge in [0.15, 0.2) is 0 Å². The Kier molecular flexibility index (Phi) is 3.64. The number of hydrogen-bond acceptors (Lipinski definition) is 2. The van der Waals surface area contributed by atoms with Crippen LogP contribution in [0.5, 0.6) is 0 Å². The molecule has 2 atom stereocenters. The normalized spacial score (nSPS) is 24.9. The molecule has 2 aliphatic rings. The zero-order valence-electron chi connectivity index (χ0n) is 10.7. The summed E-state index contributed by atoms with van der Waals surface area (Å²) in [6.07, 6.45) is 1.03. The smallest absolute Gasteiger partial charge is 0.252 e. The van der Waals surface area contributed by atoms with Gasteiger partial charge in [-0.05, 0) is 30.0 Å². The molecule has 1 aromatic rings. The van der Waals surface area contributed by atoms with Crippen molar-refractivity contribution in [2.75, 3.05) is 13.1 Å². The van der Waals surface area contributed by atoms with Gasteiger partial charge >= 0.3 is 0 Å². The van der Waals surface area contributed by atoms with Gasteiger partial charge in [0, 0.05) is 30.6 Å². The lowest BCUT2D eigenvalue weighted by Gasteiger charge is -2.29. The average Bonchev–Trinajstić information content (AvgIpc) is 2.76. The lowest BCUT2D eigenvalue weighted by Crippen LogP contribution is -2.44. The molecule has 0 aliphatic carbocycles. The molecule has 0 aromatic heterocycles. The van der Waals surface area contributed by atoms with E-state index >= 15 is 0 Å². The zero-order valence-corrected chi connectivity index (χ0v) is 11.6. The van der Waals surface area contributed by atoms with Crippen LogP contribution in [0.25, 0.3) is 0 Å². The van der Waals surface area contributed by atoms with Crippen molar-refractivity contribution in [3.8, 4) is 0 Å². The molecule has 1 fully saturated rings. The van der Waals surface area contributed by atoms with E-state index in [-0.39, 0.29) is 24.4 Å². The van der Waals surface area contributed by atoms with Crippen LogP contribution in [-0.2, 0) is 6.42 Å². The maximum Gasteiger partial charge on any atom is 0.252 e. The van der Waals surface area contributed by atoms with Crippen LogP contribution in [0, 0.1) is 6.92 Å². The van der Waals surface area contributed by atoms with Gasteiger partial charge in [0.2, 0.25) is 0 Å². The fraction of sp³-hybridized carbons (Fsp3) is 0.500. The number of amides is 1. The van der Waals surface area contributed by atoms with Gasteiger partial charge in [-0.1, -0.05) is 19.1 Å². The third-order valence-corrected chi connectivity index (χ3v) is 3.99. The van der Waals surface area contributed by atoms with Crippen LogP contribution in [0.2, 0.25) is 0 Å². The Balaban J connectivity index is 0.00000120. The third kappa shape index (κ3) is 1.91. The van der Waals surface area contributed by atoms with E-state index in [9.17, 15) is 4.79 Å². The van der Waals surface area contributed by atoms with Crippen LogP contribution in [-0.4, -0.2) is 25.0 Å². The van der Waals surface area contributed by atoms with Crippen LogP contribution >= 0.6 is 12.4 Å². The molecule has 1 aromatic carbocycles. The van der Waals surface area contributed by atoms with E-state index in [0.717, 1.165) is 30.6 Å². The van der Waals surface area contributed by atoms with Gasteiger partial charge in [0.25, 0.3) is 5.91 Å². The first-order valence-electron chi connectivity index (χ1n) is 6.35. The van der Waals surface area contributed by atoms with Crippen molar-refractivity contribution in [1.29, 1.82) is 0 Å². The molecule has 1 saturated heterocycles. The second kappa shape index (κ2) is 4.90. The summed E-state index contributed by atoms with van der Waals surface area (Å²) in [5.41, 5.74) is 4.61. The Morgan fingerprint density at radius 2 is 2.11 bits per heavy atom. The second-order valence-corrected chi connectivity index (χ2v) is 5.08. The number of halogens is 1. The minimum atomic E-state index is 0. The summed E-state index contributed by atoms with van der Waals surface area (Å²) in [5.74, 6) is 0.554. The second-order valence-electron chi connectivity index (χ2n) is 5.08. The van der Waals surface area contributed by atoms with Crippen molar-refractivity contribution in [2.45, 2.75) is 32.2 Å². The number of aryl methyl sites for hydroxylation is 2. The number of hydrogen-bond donors (Lipinski definition) is 2. The molecule has 2 heterocycles. The molecule has 0 unspecified atom stereocenters. The summed E-state index contributed by atoms with van der Waals surface area (Å²) < 4.78 is 0. The number of benzene rings is 1. The molecule has 18 heavy (non-hydrogen) atoms. The van der Waals surface area contributed by atoms with E-state index < -0.39 is 0 Å². The van der Waals surface area contributed by atoms with Gasteiger partial charge in [-0.25, -0.2) is 0 Å². The van der Waals surface area contributed by atoms with Crippen molar-refractivity contribution in [3.05, 3.63) is 34.4 Å². The minimum Gasteiger partial charge on any atom is -0.347 e. The number of rotatable bonds is 1. The van der Waals surface area contributed by atoms with Crippen molar-refractivity contribution in [1.82, 2.24) is 10.6 Å². The Labute approximate surface area is 114 Å². The van der Waals surface area contributed by atoms with Crippen molar-refractivity contribution >= 4 is 18.3 Å². The summed E-state index contributed by atoms with van der Waals surface area (Å²) in [6.45, 7) is 6.07. The molecule has 3 rings (SSSR count). The first kappa shape index (κ1) is 13.4. The highest BCUT2D eigenvalue weighted by Gasteiger charge is 2.37. The maximum absolute atomic E-state index is 12.1. The standard InChI is InChI=1S/C14H18N2O.ClH/c1-3-9-4-8(2)13-10(5-9)11-6-15-7-12(11)16-14(13)17;/h4-5,11-12,15H,3,6-7H2,1-2H3,(H,16,17);1H/t11-,12+;/m1./s1. The highest BCUT2D eigenvalue weighted by Crippen LogP contribution is 2.33. The molecule has 3 nitrogen and oxygen atoms in total. The number of fused-ring (bicyclic) bond motifs is 3. The minimum absolute atomic E-state index is 0. The number of nitrogens with one attached hydrogen (secondary N) is 2. The predicted octanol–water partition coefficient (Wildman–Crippen LogP) is 1.78. The number of carbonyl (C=O) groups excluding carboxylic acids is 1. The molecular formula is C14H19ClN2O. The Morgan fingerprint density at radius 3 is 2.83 bits per heavy atom. The van der Waals surface area contributed by atoms with Crippen LogP contribution in [0.4, 0.5) is 0 Å². The van der Waals surface area contributed by atoms with E-state index in [0.29, 0.717) is 5.92 Å². The molecule has 0 spiro atoms. The van der Waals surface area contributed by atoms with E-state index in [2.05, 4.69) is 29.7 Å². The van der Waals surface area contributed by atoms with E-state index in [1.54, 1.807) is 0 Å². The van der Waals surface area contributed by atoms with E-state index in [1.165, 1.54) is 11.1 Å². The Hall–Kier alpha value is -1.06. The fourth-order valence-electron chi connectivity index (χ4n) is 3.10. The topological polar surface area (TPSA) is 41.1 Å². The molecular weight excluding hydrogens is 248 g/mol. The molecule has 2 aliphatic heterocycles. The summed E-state index contributed by atoms with van der Waals surface area (Å²) in [6, 6.07) is 4.65. The van der Waals surface area contributed by atoms with Gasteiger partial charge in [-0.15, -0.1) is 12.4 Å². The average molecular weight is 267 g/mol. The van der Waals surface area contributed by atoms with Crippen LogP contribution in [0.1, 0.15) is 39.9 Å². The highest BCUT2D eigenvalue weighted by molar-refractivity contribution is 5.99. The maximum atomic E-state index is 12.1. The van der Waals surface area contributed by atoms with Crippen LogP contribution < -0.4 is 10.6 Å². The lowest BCUT2D eigenvalue weighted by molar-refractivity contribution is 0.0923. The predicted molar refractivity (Wildman–Crippen MR) is 74.7 cm³/mol. The zero-order chi connectivity index (χ0) is 12.0. The quantitative estimate of drug-likeness (QED) is 0.814. The van der Waals surface area contributed by atoms with E-state index in [4.69, 9.17) is 0 Å². The van der Waals surface area contributed by atoms with Gasteiger partial charge in [-0.2, -0.15) is 0 Å². The number of carbonyl (C=O) groups is 1. The molecule has 1 amide bonds.